The fourth-order valence-electron chi connectivity index (χ4n) is 2.65. The molecule has 0 aromatic rings. The number of hydrogen-bond acceptors (Lipinski definition) is 3. The molecule has 0 bridgehead atoms. The normalized spacial score (nSPS) is 28.4. The Hall–Kier alpha value is -0.920. The second kappa shape index (κ2) is 6.69. The highest BCUT2D eigenvalue weighted by molar-refractivity contribution is 14.1. The van der Waals surface area contributed by atoms with Gasteiger partial charge in [0.25, 0.3) is 5.91 Å². The summed E-state index contributed by atoms with van der Waals surface area (Å²) in [7, 11) is 0. The molecular formula is C14H18FIN2O2. The molecule has 6 heteroatoms. The van der Waals surface area contributed by atoms with Gasteiger partial charge in [0.05, 0.1) is 5.83 Å². The zero-order chi connectivity index (χ0) is 14.7. The highest BCUT2D eigenvalue weighted by Gasteiger charge is 2.34. The maximum absolute atomic E-state index is 13.3. The van der Waals surface area contributed by atoms with Crippen molar-refractivity contribution in [3.8, 4) is 0 Å². The summed E-state index contributed by atoms with van der Waals surface area (Å²) in [5.41, 5.74) is 0.396. The average molecular weight is 392 g/mol. The fraction of sp³-hybridized carbons (Fsp3) is 0.571. The average Bonchev–Trinajstić information content (AvgIpc) is 2.40. The number of carbonyl (C=O) groups excluding carboxylic acids is 1. The van der Waals surface area contributed by atoms with Crippen LogP contribution in [0.15, 0.2) is 28.5 Å². The summed E-state index contributed by atoms with van der Waals surface area (Å²) < 4.78 is 19.2. The number of nitrogens with zero attached hydrogens (tertiary/aromatic N) is 2. The van der Waals surface area contributed by atoms with E-state index in [9.17, 15) is 9.18 Å². The van der Waals surface area contributed by atoms with Crippen LogP contribution in [0.4, 0.5) is 4.39 Å². The van der Waals surface area contributed by atoms with Crippen molar-refractivity contribution in [1.29, 1.82) is 0 Å². The number of amides is 1. The molecule has 0 radical (unpaired) electrons. The van der Waals surface area contributed by atoms with Gasteiger partial charge in [-0.3, -0.25) is 4.79 Å². The first kappa shape index (κ1) is 15.5. The summed E-state index contributed by atoms with van der Waals surface area (Å²) >= 11 is 2.44. The molecule has 1 saturated carbocycles. The van der Waals surface area contributed by atoms with Crippen LogP contribution in [-0.2, 0) is 9.53 Å². The number of ether oxygens (including phenoxy) is 1. The number of aliphatic imine (C=N–C) groups is 1. The largest absolute Gasteiger partial charge is 0.466 e. The molecule has 110 valence electrons. The first-order chi connectivity index (χ1) is 9.52. The van der Waals surface area contributed by atoms with Gasteiger partial charge in [-0.05, 0) is 45.4 Å². The Morgan fingerprint density at radius 1 is 1.50 bits per heavy atom. The molecule has 1 fully saturated rings. The lowest BCUT2D eigenvalue weighted by Crippen LogP contribution is -2.46. The second-order valence-electron chi connectivity index (χ2n) is 5.04. The molecule has 0 spiro atoms. The van der Waals surface area contributed by atoms with Crippen LogP contribution in [-0.4, -0.2) is 34.1 Å². The van der Waals surface area contributed by atoms with Crippen molar-refractivity contribution in [1.82, 2.24) is 4.90 Å². The topological polar surface area (TPSA) is 41.9 Å². The van der Waals surface area contributed by atoms with Gasteiger partial charge in [-0.25, -0.2) is 9.38 Å². The summed E-state index contributed by atoms with van der Waals surface area (Å²) in [6.45, 7) is 4.72. The Balaban J connectivity index is 2.33. The van der Waals surface area contributed by atoms with Crippen molar-refractivity contribution in [2.45, 2.75) is 42.6 Å². The van der Waals surface area contributed by atoms with E-state index >= 15 is 0 Å². The van der Waals surface area contributed by atoms with Crippen LogP contribution in [0.2, 0.25) is 0 Å². The maximum atomic E-state index is 13.3. The molecule has 2 aliphatic rings. The van der Waals surface area contributed by atoms with Crippen LogP contribution in [0.5, 0.6) is 0 Å². The Morgan fingerprint density at radius 2 is 2.15 bits per heavy atom. The van der Waals surface area contributed by atoms with Crippen LogP contribution in [0.25, 0.3) is 0 Å². The van der Waals surface area contributed by atoms with Crippen LogP contribution >= 0.6 is 22.6 Å². The van der Waals surface area contributed by atoms with Crippen LogP contribution in [0, 0.1) is 0 Å². The van der Waals surface area contributed by atoms with Crippen LogP contribution in [0.1, 0.15) is 32.6 Å². The highest BCUT2D eigenvalue weighted by atomic mass is 127. The third-order valence-corrected chi connectivity index (χ3v) is 4.80. The number of hydrogen-bond donors (Lipinski definition) is 0. The van der Waals surface area contributed by atoms with Crippen LogP contribution < -0.4 is 0 Å². The minimum absolute atomic E-state index is 0.0544. The predicted octanol–water partition coefficient (Wildman–Crippen LogP) is 3.33. The molecule has 0 atom stereocenters. The number of alkyl halides is 1. The van der Waals surface area contributed by atoms with Gasteiger partial charge in [-0.15, -0.1) is 0 Å². The molecular weight excluding hydrogens is 374 g/mol. The van der Waals surface area contributed by atoms with Gasteiger partial charge in [-0.2, -0.15) is 0 Å². The quantitative estimate of drug-likeness (QED) is 0.420. The van der Waals surface area contributed by atoms with Gasteiger partial charge in [-0.1, -0.05) is 22.6 Å². The number of carbonyl (C=O) groups is 1. The summed E-state index contributed by atoms with van der Waals surface area (Å²) in [4.78, 5) is 17.6. The minimum atomic E-state index is -0.382. The van der Waals surface area contributed by atoms with E-state index in [0.717, 1.165) is 25.7 Å². The molecule has 1 aliphatic carbocycles. The second-order valence-corrected chi connectivity index (χ2v) is 6.80. The van der Waals surface area contributed by atoms with Crippen molar-refractivity contribution in [3.05, 3.63) is 23.5 Å². The van der Waals surface area contributed by atoms with Crippen LogP contribution in [0.3, 0.4) is 0 Å². The molecule has 0 aromatic carbocycles. The van der Waals surface area contributed by atoms with Gasteiger partial charge in [0.1, 0.15) is 5.70 Å². The highest BCUT2D eigenvalue weighted by Crippen LogP contribution is 2.33. The third kappa shape index (κ3) is 3.39. The van der Waals surface area contributed by atoms with E-state index in [0.29, 0.717) is 9.62 Å². The van der Waals surface area contributed by atoms with Crippen molar-refractivity contribution in [3.63, 3.8) is 0 Å². The molecule has 2 rings (SSSR count). The van der Waals surface area contributed by atoms with E-state index in [-0.39, 0.29) is 30.3 Å². The number of rotatable bonds is 3. The number of allylic oxidation sites excluding steroid dienone is 2. The van der Waals surface area contributed by atoms with Gasteiger partial charge >= 0.3 is 0 Å². The lowest BCUT2D eigenvalue weighted by molar-refractivity contribution is -0.138. The van der Waals surface area contributed by atoms with Gasteiger partial charge in [0.2, 0.25) is 5.88 Å². The fourth-order valence-corrected chi connectivity index (χ4v) is 3.37. The summed E-state index contributed by atoms with van der Waals surface area (Å²) in [6.07, 6.45) is 5.28. The molecule has 4 nitrogen and oxygen atoms in total. The predicted molar refractivity (Wildman–Crippen MR) is 84.3 cm³/mol. The van der Waals surface area contributed by atoms with Crippen molar-refractivity contribution in [2.24, 2.45) is 4.99 Å². The van der Waals surface area contributed by atoms with E-state index in [1.807, 2.05) is 0 Å². The van der Waals surface area contributed by atoms with Gasteiger partial charge in [0, 0.05) is 9.97 Å². The molecule has 0 aromatic heterocycles. The summed E-state index contributed by atoms with van der Waals surface area (Å²) in [5.74, 6) is -0.285. The molecule has 1 aliphatic heterocycles. The van der Waals surface area contributed by atoms with E-state index < -0.39 is 0 Å². The first-order valence-corrected chi connectivity index (χ1v) is 7.91. The zero-order valence-electron chi connectivity index (χ0n) is 11.4. The molecule has 0 N–H and O–H groups in total. The number of halogens is 2. The Bertz CT molecular complexity index is 464. The Kier molecular flexibility index (Phi) is 5.17. The monoisotopic (exact) mass is 392 g/mol. The van der Waals surface area contributed by atoms with Gasteiger partial charge in [0.15, 0.2) is 6.61 Å². The van der Waals surface area contributed by atoms with E-state index in [2.05, 4.69) is 34.3 Å². The minimum Gasteiger partial charge on any atom is -0.466 e. The first-order valence-electron chi connectivity index (χ1n) is 6.66. The molecule has 0 saturated heterocycles. The van der Waals surface area contributed by atoms with Gasteiger partial charge < -0.3 is 9.64 Å². The third-order valence-electron chi connectivity index (χ3n) is 3.55. The lowest BCUT2D eigenvalue weighted by Gasteiger charge is -2.38. The summed E-state index contributed by atoms with van der Waals surface area (Å²) in [6, 6.07) is 0.0970. The maximum Gasteiger partial charge on any atom is 0.265 e. The van der Waals surface area contributed by atoms with E-state index in [1.165, 1.54) is 13.0 Å². The molecule has 20 heavy (non-hydrogen) atoms. The van der Waals surface area contributed by atoms with E-state index in [4.69, 9.17) is 4.74 Å². The smallest absolute Gasteiger partial charge is 0.265 e. The SMILES string of the molecule is C=NC1=C(/C=C(\C)F)N([C@H]2CC[C@H](I)CC2)C(=O)CO1. The lowest BCUT2D eigenvalue weighted by atomic mass is 9.93. The van der Waals surface area contributed by atoms with E-state index in [1.54, 1.807) is 4.90 Å². The zero-order valence-corrected chi connectivity index (χ0v) is 13.6. The molecule has 0 unspecified atom stereocenters. The van der Waals surface area contributed by atoms with Crippen molar-refractivity contribution in [2.75, 3.05) is 6.61 Å². The Labute approximate surface area is 131 Å². The Morgan fingerprint density at radius 3 is 2.70 bits per heavy atom. The standard InChI is InChI=1S/C14H18FIN2O2/c1-9(15)7-12-14(17-2)20-8-13(19)18(12)11-5-3-10(16)4-6-11/h7,10-11H,2-6,8H2,1H3/b9-7+/t10-,11-. The molecule has 1 amide bonds. The van der Waals surface area contributed by atoms with Crippen molar-refractivity contribution >= 4 is 35.2 Å². The molecule has 1 heterocycles. The summed E-state index contributed by atoms with van der Waals surface area (Å²) in [5, 5.41) is 0. The van der Waals surface area contributed by atoms with Crippen molar-refractivity contribution < 1.29 is 13.9 Å².